The zero-order valence-corrected chi connectivity index (χ0v) is 13.1. The Labute approximate surface area is 126 Å². The molecule has 10 heteroatoms. The molecule has 8 nitrogen and oxygen atoms in total. The molecule has 1 aliphatic heterocycles. The Balaban J connectivity index is 1.66. The molecule has 3 atom stereocenters. The van der Waals surface area contributed by atoms with Crippen LogP contribution < -0.4 is 5.09 Å². The predicted octanol–water partition coefficient (Wildman–Crippen LogP) is 0.957. The van der Waals surface area contributed by atoms with Crippen LogP contribution in [0.15, 0.2) is 18.9 Å². The van der Waals surface area contributed by atoms with E-state index in [9.17, 15) is 4.89 Å². The van der Waals surface area contributed by atoms with E-state index in [1.165, 1.54) is 13.4 Å². The van der Waals surface area contributed by atoms with E-state index < -0.39 is 6.64 Å². The van der Waals surface area contributed by atoms with Crippen LogP contribution in [-0.2, 0) is 21.1 Å². The third kappa shape index (κ3) is 3.28. The van der Waals surface area contributed by atoms with E-state index in [4.69, 9.17) is 21.1 Å². The molecular formula is C11H16N5O3PS. The van der Waals surface area contributed by atoms with E-state index in [2.05, 4.69) is 20.0 Å². The largest absolute Gasteiger partial charge is 0.353 e. The Morgan fingerprint density at radius 3 is 3.24 bits per heavy atom. The molecule has 1 aliphatic rings. The molecule has 2 aromatic rings. The summed E-state index contributed by atoms with van der Waals surface area (Å²) in [6.45, 7) is -2.42. The summed E-state index contributed by atoms with van der Waals surface area (Å²) in [6, 6.07) is 0. The van der Waals surface area contributed by atoms with Crippen LogP contribution in [0.3, 0.4) is 0 Å². The van der Waals surface area contributed by atoms with Crippen LogP contribution in [0.2, 0.25) is 0 Å². The van der Waals surface area contributed by atoms with Gasteiger partial charge in [0.25, 0.3) is 6.64 Å². The van der Waals surface area contributed by atoms with Gasteiger partial charge in [-0.25, -0.2) is 20.0 Å². The first kappa shape index (κ1) is 15.0. The lowest BCUT2D eigenvalue weighted by atomic mass is 10.2. The van der Waals surface area contributed by atoms with Gasteiger partial charge in [-0.15, -0.1) is 0 Å². The maximum Gasteiger partial charge on any atom is 0.258 e. The molecule has 0 radical (unpaired) electrons. The first-order valence-corrected chi connectivity index (χ1v) is 9.18. The lowest BCUT2D eigenvalue weighted by molar-refractivity contribution is 0.00669. The van der Waals surface area contributed by atoms with E-state index >= 15 is 0 Å². The topological polar surface area (TPSA) is 94.3 Å². The van der Waals surface area contributed by atoms with Gasteiger partial charge in [0.15, 0.2) is 5.65 Å². The summed E-state index contributed by atoms with van der Waals surface area (Å²) in [4.78, 5) is 22.1. The summed E-state index contributed by atoms with van der Waals surface area (Å²) in [5.74, 6) is 0. The van der Waals surface area contributed by atoms with E-state index in [0.717, 1.165) is 24.0 Å². The number of aromatic nitrogens is 4. The van der Waals surface area contributed by atoms with Crippen molar-refractivity contribution in [3.8, 4) is 0 Å². The molecule has 2 N–H and O–H groups in total. The highest BCUT2D eigenvalue weighted by atomic mass is 32.5. The number of nitrogens with one attached hydrogen (secondary N) is 1. The molecule has 1 unspecified atom stereocenters. The van der Waals surface area contributed by atoms with E-state index in [1.54, 1.807) is 12.5 Å². The number of ether oxygens (including phenoxy) is 1. The van der Waals surface area contributed by atoms with Crippen LogP contribution >= 0.6 is 6.64 Å². The highest BCUT2D eigenvalue weighted by Crippen LogP contribution is 2.37. The maximum atomic E-state index is 9.68. The highest BCUT2D eigenvalue weighted by molar-refractivity contribution is 8.08. The zero-order valence-electron chi connectivity index (χ0n) is 11.4. The minimum Gasteiger partial charge on any atom is -0.353 e. The van der Waals surface area contributed by atoms with Gasteiger partial charge in [-0.05, 0) is 24.6 Å². The van der Waals surface area contributed by atoms with Crippen LogP contribution in [0.1, 0.15) is 19.1 Å². The van der Waals surface area contributed by atoms with E-state index in [0.29, 0.717) is 6.54 Å². The Morgan fingerprint density at radius 2 is 2.43 bits per heavy atom. The first-order chi connectivity index (χ1) is 10.1. The average molecular weight is 329 g/mol. The second-order valence-corrected chi connectivity index (χ2v) is 7.95. The smallest absolute Gasteiger partial charge is 0.258 e. The second kappa shape index (κ2) is 6.04. The summed E-state index contributed by atoms with van der Waals surface area (Å²) in [6.07, 6.45) is 6.45. The minimum atomic E-state index is -2.88. The number of fused-ring (bicyclic) bond motifs is 1. The van der Waals surface area contributed by atoms with Gasteiger partial charge in [0.1, 0.15) is 18.1 Å². The summed E-state index contributed by atoms with van der Waals surface area (Å²) in [5.41, 5.74) is 1.50. The highest BCUT2D eigenvalue weighted by Gasteiger charge is 2.28. The summed E-state index contributed by atoms with van der Waals surface area (Å²) in [7, 11) is 1.39. The van der Waals surface area contributed by atoms with Gasteiger partial charge < -0.3 is 14.2 Å². The SMILES string of the molecule is COP(O)(=S)NC[C@@H]1CC[C@H](n2cnc3cncnc32)O1. The van der Waals surface area contributed by atoms with Gasteiger partial charge in [-0.1, -0.05) is 0 Å². The van der Waals surface area contributed by atoms with Gasteiger partial charge in [0.2, 0.25) is 0 Å². The molecule has 0 bridgehead atoms. The average Bonchev–Trinajstić information content (AvgIpc) is 3.11. The van der Waals surface area contributed by atoms with Gasteiger partial charge >= 0.3 is 0 Å². The monoisotopic (exact) mass is 329 g/mol. The molecule has 114 valence electrons. The molecule has 1 saturated heterocycles. The third-order valence-electron chi connectivity index (χ3n) is 3.40. The maximum absolute atomic E-state index is 9.68. The quantitative estimate of drug-likeness (QED) is 0.783. The van der Waals surface area contributed by atoms with Crippen molar-refractivity contribution in [1.29, 1.82) is 0 Å². The lowest BCUT2D eigenvalue weighted by Crippen LogP contribution is -2.25. The van der Waals surface area contributed by atoms with Crippen molar-refractivity contribution in [2.24, 2.45) is 0 Å². The van der Waals surface area contributed by atoms with Crippen LogP contribution in [-0.4, -0.2) is 44.2 Å². The molecule has 3 heterocycles. The van der Waals surface area contributed by atoms with Gasteiger partial charge in [0.05, 0.1) is 18.6 Å². The fraction of sp³-hybridized carbons (Fsp3) is 0.545. The van der Waals surface area contributed by atoms with Crippen molar-refractivity contribution in [3.63, 3.8) is 0 Å². The minimum absolute atomic E-state index is 0.0288. The Bertz CT molecular complexity index is 681. The lowest BCUT2D eigenvalue weighted by Gasteiger charge is -2.18. The molecule has 0 saturated carbocycles. The van der Waals surface area contributed by atoms with Crippen molar-refractivity contribution in [3.05, 3.63) is 18.9 Å². The zero-order chi connectivity index (χ0) is 14.9. The fourth-order valence-electron chi connectivity index (χ4n) is 2.32. The number of hydrogen-bond donors (Lipinski definition) is 2. The first-order valence-electron chi connectivity index (χ1n) is 6.51. The van der Waals surface area contributed by atoms with E-state index in [-0.39, 0.29) is 12.3 Å². The summed E-state index contributed by atoms with van der Waals surface area (Å²) in [5, 5.41) is 2.84. The molecule has 0 aromatic carbocycles. The second-order valence-electron chi connectivity index (χ2n) is 4.74. The van der Waals surface area contributed by atoms with Crippen LogP contribution in [0.25, 0.3) is 11.2 Å². The number of rotatable bonds is 5. The number of hydrogen-bond acceptors (Lipinski definition) is 6. The molecule has 0 amide bonds. The normalized spacial score (nSPS) is 25.2. The van der Waals surface area contributed by atoms with Crippen molar-refractivity contribution in [1.82, 2.24) is 24.6 Å². The fourth-order valence-corrected chi connectivity index (χ4v) is 3.11. The Kier molecular flexibility index (Phi) is 4.30. The molecule has 0 aliphatic carbocycles. The van der Waals surface area contributed by atoms with Crippen molar-refractivity contribution < 1.29 is 14.2 Å². The Hall–Kier alpha value is -0.960. The Morgan fingerprint density at radius 1 is 1.57 bits per heavy atom. The standard InChI is InChI=1S/C11H16N5O3PS/c1-18-20(17,21)15-4-8-2-3-10(19-8)16-7-14-9-5-12-6-13-11(9)16/h5-8,10H,2-4H2,1H3,(H2,15,17,21)/t8-,10+,20?/m0/s1. The number of nitrogens with zero attached hydrogens (tertiary/aromatic N) is 4. The molecule has 0 spiro atoms. The molecule has 2 aromatic heterocycles. The van der Waals surface area contributed by atoms with Crippen molar-refractivity contribution in [2.45, 2.75) is 25.2 Å². The third-order valence-corrected chi connectivity index (χ3v) is 5.31. The summed E-state index contributed by atoms with van der Waals surface area (Å²) >= 11 is 4.90. The number of imidazole rings is 1. The molecule has 1 fully saturated rings. The van der Waals surface area contributed by atoms with Crippen molar-refractivity contribution >= 4 is 29.6 Å². The van der Waals surface area contributed by atoms with Gasteiger partial charge in [0, 0.05) is 13.7 Å². The van der Waals surface area contributed by atoms with Crippen LogP contribution in [0.4, 0.5) is 0 Å². The van der Waals surface area contributed by atoms with Gasteiger partial charge in [-0.3, -0.25) is 4.57 Å². The van der Waals surface area contributed by atoms with Gasteiger partial charge in [-0.2, -0.15) is 0 Å². The summed E-state index contributed by atoms with van der Waals surface area (Å²) < 4.78 is 12.7. The molecule has 3 rings (SSSR count). The molecule has 21 heavy (non-hydrogen) atoms. The predicted molar refractivity (Wildman–Crippen MR) is 80.0 cm³/mol. The van der Waals surface area contributed by atoms with E-state index in [1.807, 2.05) is 4.57 Å². The van der Waals surface area contributed by atoms with Crippen LogP contribution in [0, 0.1) is 0 Å². The van der Waals surface area contributed by atoms with Crippen molar-refractivity contribution in [2.75, 3.05) is 13.7 Å². The molecular weight excluding hydrogens is 313 g/mol. The van der Waals surface area contributed by atoms with Crippen LogP contribution in [0.5, 0.6) is 0 Å².